The van der Waals surface area contributed by atoms with Crippen LogP contribution in [-0.4, -0.2) is 36.9 Å². The minimum atomic E-state index is -0.593. The summed E-state index contributed by atoms with van der Waals surface area (Å²) in [6, 6.07) is 0. The van der Waals surface area contributed by atoms with E-state index in [-0.39, 0.29) is 24.7 Å². The Kier molecular flexibility index (Phi) is 15.4. The molecular formula is C37H60O5. The molecule has 3 rings (SSSR count). The first kappa shape index (κ1) is 34.6. The van der Waals surface area contributed by atoms with Crippen LogP contribution in [0.4, 0.5) is 0 Å². The van der Waals surface area contributed by atoms with Crippen LogP contribution in [0.5, 0.6) is 0 Å². The van der Waals surface area contributed by atoms with Gasteiger partial charge in [0.15, 0.2) is 0 Å². The van der Waals surface area contributed by atoms with Crippen LogP contribution in [-0.2, 0) is 19.1 Å². The Morgan fingerprint density at radius 3 is 1.76 bits per heavy atom. The Morgan fingerprint density at radius 1 is 0.762 bits per heavy atom. The fourth-order valence-electron chi connectivity index (χ4n) is 7.60. The number of aliphatic hydroxyl groups excluding tert-OH is 1. The molecular weight excluding hydrogens is 524 g/mol. The lowest BCUT2D eigenvalue weighted by atomic mass is 9.68. The quantitative estimate of drug-likeness (QED) is 0.112. The van der Waals surface area contributed by atoms with E-state index in [1.807, 2.05) is 0 Å². The van der Waals surface area contributed by atoms with Crippen LogP contribution in [0, 0.1) is 41.4 Å². The average molecular weight is 585 g/mol. The molecule has 1 unspecified atom stereocenters. The molecule has 5 nitrogen and oxygen atoms in total. The fraction of sp³-hybridized carbons (Fsp3) is 0.784. The molecule has 0 heterocycles. The second kappa shape index (κ2) is 18.7. The lowest BCUT2D eigenvalue weighted by Gasteiger charge is -2.37. The number of allylic oxidation sites excluding steroid dienone is 2. The third kappa shape index (κ3) is 12.0. The van der Waals surface area contributed by atoms with Crippen molar-refractivity contribution in [3.05, 3.63) is 36.5 Å². The van der Waals surface area contributed by atoms with Crippen LogP contribution < -0.4 is 0 Å². The van der Waals surface area contributed by atoms with Crippen LogP contribution in [0.15, 0.2) is 36.5 Å². The van der Waals surface area contributed by atoms with E-state index in [9.17, 15) is 9.59 Å². The van der Waals surface area contributed by atoms with Gasteiger partial charge in [0.1, 0.15) is 0 Å². The lowest BCUT2D eigenvalue weighted by molar-refractivity contribution is -0.144. The van der Waals surface area contributed by atoms with Crippen molar-refractivity contribution >= 4 is 11.9 Å². The van der Waals surface area contributed by atoms with E-state index in [1.54, 1.807) is 6.92 Å². The zero-order chi connectivity index (χ0) is 30.3. The molecule has 0 aromatic carbocycles. The van der Waals surface area contributed by atoms with Crippen LogP contribution >= 0.6 is 0 Å². The molecule has 1 N–H and O–H groups in total. The van der Waals surface area contributed by atoms with Gasteiger partial charge in [-0.25, -0.2) is 9.59 Å². The Balaban J connectivity index is 1.34. The Bertz CT molecular complexity index is 867. The smallest absolute Gasteiger partial charge is 0.335 e. The molecule has 5 heteroatoms. The maximum atomic E-state index is 12.0. The SMILES string of the molecule is C=C(C)C(=O)OCC(CCC1CCC(C2CCC(/C=C/C3CCC(CCCC)CC3)CC2)CC1)COC(=O)C(=C)CO. The highest BCUT2D eigenvalue weighted by molar-refractivity contribution is 5.88. The van der Waals surface area contributed by atoms with Crippen molar-refractivity contribution in [2.75, 3.05) is 19.8 Å². The molecule has 0 amide bonds. The summed E-state index contributed by atoms with van der Waals surface area (Å²) in [5, 5.41) is 9.13. The molecule has 42 heavy (non-hydrogen) atoms. The van der Waals surface area contributed by atoms with Crippen molar-refractivity contribution in [2.24, 2.45) is 41.4 Å². The third-order valence-electron chi connectivity index (χ3n) is 10.6. The van der Waals surface area contributed by atoms with Crippen LogP contribution in [0.1, 0.15) is 123 Å². The molecule has 3 aliphatic rings. The maximum Gasteiger partial charge on any atom is 0.335 e. The summed E-state index contributed by atoms with van der Waals surface area (Å²) in [5.41, 5.74) is 0.402. The van der Waals surface area contributed by atoms with E-state index < -0.39 is 18.5 Å². The number of hydrogen-bond acceptors (Lipinski definition) is 5. The van der Waals surface area contributed by atoms with Gasteiger partial charge in [0.25, 0.3) is 0 Å². The van der Waals surface area contributed by atoms with E-state index in [4.69, 9.17) is 14.6 Å². The van der Waals surface area contributed by atoms with Gasteiger partial charge in [-0.15, -0.1) is 0 Å². The van der Waals surface area contributed by atoms with Gasteiger partial charge in [-0.05, 0) is 119 Å². The third-order valence-corrected chi connectivity index (χ3v) is 10.6. The van der Waals surface area contributed by atoms with E-state index in [1.165, 1.54) is 96.3 Å². The molecule has 0 aromatic heterocycles. The lowest BCUT2D eigenvalue weighted by Crippen LogP contribution is -2.26. The topological polar surface area (TPSA) is 72.8 Å². The van der Waals surface area contributed by atoms with Gasteiger partial charge >= 0.3 is 11.9 Å². The van der Waals surface area contributed by atoms with Crippen molar-refractivity contribution in [3.63, 3.8) is 0 Å². The van der Waals surface area contributed by atoms with Crippen LogP contribution in [0.3, 0.4) is 0 Å². The molecule has 1 atom stereocenters. The van der Waals surface area contributed by atoms with Gasteiger partial charge < -0.3 is 14.6 Å². The van der Waals surface area contributed by atoms with E-state index in [0.717, 1.165) is 42.4 Å². The van der Waals surface area contributed by atoms with Gasteiger partial charge in [-0.3, -0.25) is 0 Å². The maximum absolute atomic E-state index is 12.0. The standard InChI is InChI=1S/C37H60O5/c1-5-6-7-29-8-10-30(11-9-29)12-13-31-16-20-34(21-17-31)35-22-18-32(19-23-35)14-15-33(25-41-36(39)27(2)3)26-42-37(40)28(4)24-38/h12-13,29-35,38H,2,4-11,14-26H2,1,3H3/b13-12+. The zero-order valence-electron chi connectivity index (χ0n) is 26.8. The Hall–Kier alpha value is -1.88. The number of ether oxygens (including phenoxy) is 2. The highest BCUT2D eigenvalue weighted by Gasteiger charge is 2.31. The second-order valence-electron chi connectivity index (χ2n) is 13.9. The molecule has 0 bridgehead atoms. The first-order valence-corrected chi connectivity index (χ1v) is 17.3. The highest BCUT2D eigenvalue weighted by Crippen LogP contribution is 2.43. The number of hydrogen-bond donors (Lipinski definition) is 1. The van der Waals surface area contributed by atoms with Gasteiger partial charge in [-0.1, -0.05) is 64.3 Å². The van der Waals surface area contributed by atoms with Crippen molar-refractivity contribution in [1.29, 1.82) is 0 Å². The second-order valence-corrected chi connectivity index (χ2v) is 13.9. The predicted molar refractivity (Wildman–Crippen MR) is 171 cm³/mol. The monoisotopic (exact) mass is 584 g/mol. The fourth-order valence-corrected chi connectivity index (χ4v) is 7.60. The van der Waals surface area contributed by atoms with Gasteiger partial charge in [0.2, 0.25) is 0 Å². The van der Waals surface area contributed by atoms with Gasteiger partial charge in [-0.2, -0.15) is 0 Å². The summed E-state index contributed by atoms with van der Waals surface area (Å²) in [4.78, 5) is 23.9. The predicted octanol–water partition coefficient (Wildman–Crippen LogP) is 8.76. The van der Waals surface area contributed by atoms with E-state index in [0.29, 0.717) is 11.5 Å². The first-order valence-electron chi connectivity index (χ1n) is 17.3. The highest BCUT2D eigenvalue weighted by atomic mass is 16.5. The summed E-state index contributed by atoms with van der Waals surface area (Å²) in [5.74, 6) is 4.01. The normalized spacial score (nSPS) is 29.1. The number of unbranched alkanes of at least 4 members (excludes halogenated alkanes) is 1. The molecule has 0 aromatic rings. The molecule has 3 aliphatic carbocycles. The minimum absolute atomic E-state index is 0.0381. The first-order chi connectivity index (χ1) is 20.3. The summed E-state index contributed by atoms with van der Waals surface area (Å²) in [6.45, 7) is 11.1. The Labute approximate surface area is 256 Å². The largest absolute Gasteiger partial charge is 0.462 e. The zero-order valence-corrected chi connectivity index (χ0v) is 26.8. The molecule has 0 saturated heterocycles. The number of carbonyl (C=O) groups is 2. The number of esters is 2. The summed E-state index contributed by atoms with van der Waals surface area (Å²) in [6.07, 6.45) is 27.8. The summed E-state index contributed by atoms with van der Waals surface area (Å²) in [7, 11) is 0. The number of aliphatic hydroxyl groups is 1. The molecule has 0 radical (unpaired) electrons. The molecule has 0 aliphatic heterocycles. The van der Waals surface area contributed by atoms with Crippen molar-refractivity contribution in [1.82, 2.24) is 0 Å². The molecule has 3 saturated carbocycles. The van der Waals surface area contributed by atoms with Crippen molar-refractivity contribution in [2.45, 2.75) is 123 Å². The molecule has 3 fully saturated rings. The van der Waals surface area contributed by atoms with Gasteiger partial charge in [0.05, 0.1) is 25.4 Å². The van der Waals surface area contributed by atoms with E-state index in [2.05, 4.69) is 32.2 Å². The van der Waals surface area contributed by atoms with Crippen LogP contribution in [0.2, 0.25) is 0 Å². The van der Waals surface area contributed by atoms with Crippen LogP contribution in [0.25, 0.3) is 0 Å². The minimum Gasteiger partial charge on any atom is -0.462 e. The van der Waals surface area contributed by atoms with Gasteiger partial charge in [0, 0.05) is 11.5 Å². The summed E-state index contributed by atoms with van der Waals surface area (Å²) < 4.78 is 10.7. The molecule has 238 valence electrons. The van der Waals surface area contributed by atoms with E-state index >= 15 is 0 Å². The number of carbonyl (C=O) groups excluding carboxylic acids is 2. The van der Waals surface area contributed by atoms with Crippen molar-refractivity contribution in [3.8, 4) is 0 Å². The Morgan fingerprint density at radius 2 is 1.24 bits per heavy atom. The molecule has 0 spiro atoms. The average Bonchev–Trinajstić information content (AvgIpc) is 3.02. The van der Waals surface area contributed by atoms with Crippen molar-refractivity contribution < 1.29 is 24.2 Å². The summed E-state index contributed by atoms with van der Waals surface area (Å²) >= 11 is 0. The number of rotatable bonds is 16.